The van der Waals surface area contributed by atoms with E-state index in [1.165, 1.54) is 30.3 Å². The Kier molecular flexibility index (Phi) is 6.31. The van der Waals surface area contributed by atoms with Crippen molar-refractivity contribution in [3.8, 4) is 0 Å². The third-order valence-corrected chi connectivity index (χ3v) is 6.78. The van der Waals surface area contributed by atoms with Crippen molar-refractivity contribution >= 4 is 26.9 Å². The number of furan rings is 1. The van der Waals surface area contributed by atoms with Gasteiger partial charge in [-0.1, -0.05) is 42.5 Å². The van der Waals surface area contributed by atoms with E-state index in [9.17, 15) is 17.6 Å². The number of rotatable bonds is 7. The molecule has 0 unspecified atom stereocenters. The van der Waals surface area contributed by atoms with E-state index in [4.69, 9.17) is 4.42 Å². The highest BCUT2D eigenvalue weighted by Gasteiger charge is 2.19. The number of nitrogens with one attached hydrogen (secondary N) is 2. The van der Waals surface area contributed by atoms with E-state index in [1.54, 1.807) is 18.2 Å². The first-order valence-electron chi connectivity index (χ1n) is 10.3. The summed E-state index contributed by atoms with van der Waals surface area (Å²) >= 11 is 0. The fourth-order valence-corrected chi connectivity index (χ4v) is 4.68. The minimum Gasteiger partial charge on any atom is -0.450 e. The molecule has 6 nitrogen and oxygen atoms in total. The summed E-state index contributed by atoms with van der Waals surface area (Å²) < 4.78 is 46.9. The van der Waals surface area contributed by atoms with Crippen molar-refractivity contribution in [2.75, 3.05) is 0 Å². The van der Waals surface area contributed by atoms with E-state index < -0.39 is 15.8 Å². The Bertz CT molecular complexity index is 1440. The largest absolute Gasteiger partial charge is 0.450 e. The molecule has 1 aromatic heterocycles. The lowest BCUT2D eigenvalue weighted by molar-refractivity contribution is 0.0924. The molecule has 170 valence electrons. The molecule has 0 fully saturated rings. The fourth-order valence-electron chi connectivity index (χ4n) is 3.59. The first kappa shape index (κ1) is 22.7. The van der Waals surface area contributed by atoms with Crippen LogP contribution in [-0.2, 0) is 23.1 Å². The van der Waals surface area contributed by atoms with E-state index in [1.807, 2.05) is 32.0 Å². The van der Waals surface area contributed by atoms with E-state index >= 15 is 0 Å². The summed E-state index contributed by atoms with van der Waals surface area (Å²) in [6, 6.07) is 17.7. The average Bonchev–Trinajstić information content (AvgIpc) is 3.14. The molecule has 4 rings (SSSR count). The molecule has 4 aromatic rings. The predicted molar refractivity (Wildman–Crippen MR) is 124 cm³/mol. The molecule has 33 heavy (non-hydrogen) atoms. The van der Waals surface area contributed by atoms with Crippen LogP contribution in [0.1, 0.15) is 32.8 Å². The molecule has 0 atom stereocenters. The van der Waals surface area contributed by atoms with Crippen molar-refractivity contribution in [3.05, 3.63) is 101 Å². The number of hydrogen-bond donors (Lipinski definition) is 2. The molecule has 0 aliphatic carbocycles. The Morgan fingerprint density at radius 1 is 0.939 bits per heavy atom. The maximum atomic E-state index is 13.3. The summed E-state index contributed by atoms with van der Waals surface area (Å²) in [5.41, 5.74) is 3.50. The zero-order valence-electron chi connectivity index (χ0n) is 18.2. The summed E-state index contributed by atoms with van der Waals surface area (Å²) in [7, 11) is -3.82. The minimum absolute atomic E-state index is 0.0359. The maximum absolute atomic E-state index is 13.3. The molecule has 0 aliphatic rings. The van der Waals surface area contributed by atoms with Gasteiger partial charge in [-0.15, -0.1) is 0 Å². The van der Waals surface area contributed by atoms with Crippen LogP contribution in [-0.4, -0.2) is 14.3 Å². The zero-order valence-corrected chi connectivity index (χ0v) is 19.0. The summed E-state index contributed by atoms with van der Waals surface area (Å²) in [6.45, 7) is 3.84. The van der Waals surface area contributed by atoms with Gasteiger partial charge in [0.2, 0.25) is 10.0 Å². The second-order valence-corrected chi connectivity index (χ2v) is 9.56. The number of benzene rings is 3. The van der Waals surface area contributed by atoms with Gasteiger partial charge in [-0.05, 0) is 54.8 Å². The van der Waals surface area contributed by atoms with Crippen molar-refractivity contribution in [1.29, 1.82) is 0 Å². The lowest BCUT2D eigenvalue weighted by atomic mass is 10.1. The Labute approximate surface area is 191 Å². The second kappa shape index (κ2) is 9.17. The topological polar surface area (TPSA) is 88.4 Å². The van der Waals surface area contributed by atoms with Gasteiger partial charge in [0.05, 0.1) is 4.90 Å². The molecular weight excluding hydrogens is 443 g/mol. The first-order valence-corrected chi connectivity index (χ1v) is 11.8. The van der Waals surface area contributed by atoms with Crippen molar-refractivity contribution < 1.29 is 22.0 Å². The van der Waals surface area contributed by atoms with Crippen molar-refractivity contribution in [1.82, 2.24) is 10.0 Å². The molecule has 0 spiro atoms. The Balaban J connectivity index is 1.45. The molecule has 1 heterocycles. The number of carbonyl (C=O) groups is 1. The lowest BCUT2D eigenvalue weighted by Crippen LogP contribution is -2.25. The van der Waals surface area contributed by atoms with Crippen molar-refractivity contribution in [2.45, 2.75) is 31.8 Å². The maximum Gasteiger partial charge on any atom is 0.287 e. The standard InChI is InChI=1S/C25H23FN2O4S/c1-16-6-3-11-22-17(2)24(32-23(16)22)25(29)27-14-19-8-5-10-21(13-19)33(30,31)28-15-18-7-4-9-20(26)12-18/h3-13,28H,14-15H2,1-2H3,(H,27,29). The Morgan fingerprint density at radius 2 is 1.64 bits per heavy atom. The van der Waals surface area contributed by atoms with Crippen LogP contribution in [0.3, 0.4) is 0 Å². The molecular formula is C25H23FN2O4S. The number of fused-ring (bicyclic) bond motifs is 1. The first-order chi connectivity index (χ1) is 15.7. The number of hydrogen-bond acceptors (Lipinski definition) is 4. The molecule has 0 bridgehead atoms. The molecule has 8 heteroatoms. The number of halogens is 1. The minimum atomic E-state index is -3.82. The van der Waals surface area contributed by atoms with Crippen LogP contribution in [0.4, 0.5) is 4.39 Å². The predicted octanol–water partition coefficient (Wildman–Crippen LogP) is 4.60. The van der Waals surface area contributed by atoms with Crippen LogP contribution >= 0.6 is 0 Å². The summed E-state index contributed by atoms with van der Waals surface area (Å²) in [5.74, 6) is -0.570. The number of sulfonamides is 1. The third-order valence-electron chi connectivity index (χ3n) is 5.38. The van der Waals surface area contributed by atoms with Gasteiger partial charge in [-0.2, -0.15) is 0 Å². The van der Waals surface area contributed by atoms with Crippen molar-refractivity contribution in [2.24, 2.45) is 0 Å². The molecule has 0 saturated carbocycles. The number of carbonyl (C=O) groups excluding carboxylic acids is 1. The van der Waals surface area contributed by atoms with E-state index in [0.29, 0.717) is 16.7 Å². The van der Waals surface area contributed by atoms with Crippen LogP contribution < -0.4 is 10.0 Å². The smallest absolute Gasteiger partial charge is 0.287 e. The third kappa shape index (κ3) is 4.97. The fraction of sp³-hybridized carbons (Fsp3) is 0.160. The van der Waals surface area contributed by atoms with Gasteiger partial charge >= 0.3 is 0 Å². The zero-order chi connectivity index (χ0) is 23.6. The van der Waals surface area contributed by atoms with Gasteiger partial charge in [0, 0.05) is 24.0 Å². The van der Waals surface area contributed by atoms with Gasteiger partial charge in [0.1, 0.15) is 11.4 Å². The highest BCUT2D eigenvalue weighted by molar-refractivity contribution is 7.89. The van der Waals surface area contributed by atoms with E-state index in [2.05, 4.69) is 10.0 Å². The Morgan fingerprint density at radius 3 is 2.36 bits per heavy atom. The highest BCUT2D eigenvalue weighted by atomic mass is 32.2. The number of aryl methyl sites for hydroxylation is 2. The van der Waals surface area contributed by atoms with Crippen LogP contribution in [0.5, 0.6) is 0 Å². The van der Waals surface area contributed by atoms with Gasteiger partial charge in [0.25, 0.3) is 5.91 Å². The Hall–Kier alpha value is -3.49. The molecule has 0 saturated heterocycles. The average molecular weight is 467 g/mol. The van der Waals surface area contributed by atoms with Gasteiger partial charge in [-0.3, -0.25) is 4.79 Å². The van der Waals surface area contributed by atoms with Crippen LogP contribution in [0.15, 0.2) is 76.0 Å². The van der Waals surface area contributed by atoms with E-state index in [0.717, 1.165) is 16.5 Å². The van der Waals surface area contributed by atoms with Crippen LogP contribution in [0, 0.1) is 19.7 Å². The van der Waals surface area contributed by atoms with Crippen LogP contribution in [0.25, 0.3) is 11.0 Å². The monoisotopic (exact) mass is 466 g/mol. The van der Waals surface area contributed by atoms with Crippen LogP contribution in [0.2, 0.25) is 0 Å². The lowest BCUT2D eigenvalue weighted by Gasteiger charge is -2.09. The summed E-state index contributed by atoms with van der Waals surface area (Å²) in [4.78, 5) is 12.8. The van der Waals surface area contributed by atoms with Crippen molar-refractivity contribution in [3.63, 3.8) is 0 Å². The second-order valence-electron chi connectivity index (χ2n) is 7.79. The number of para-hydroxylation sites is 1. The summed E-state index contributed by atoms with van der Waals surface area (Å²) in [5, 5.41) is 3.68. The quantitative estimate of drug-likeness (QED) is 0.417. The van der Waals surface area contributed by atoms with E-state index in [-0.39, 0.29) is 29.7 Å². The highest BCUT2D eigenvalue weighted by Crippen LogP contribution is 2.27. The SMILES string of the molecule is Cc1c(C(=O)NCc2cccc(S(=O)(=O)NCc3cccc(F)c3)c2)oc2c(C)cccc12. The van der Waals surface area contributed by atoms with Gasteiger partial charge in [0.15, 0.2) is 5.76 Å². The molecule has 2 N–H and O–H groups in total. The normalized spacial score (nSPS) is 11.6. The molecule has 0 aliphatic heterocycles. The molecule has 1 amide bonds. The van der Waals surface area contributed by atoms with Gasteiger partial charge in [-0.25, -0.2) is 17.5 Å². The molecule has 3 aromatic carbocycles. The number of amides is 1. The van der Waals surface area contributed by atoms with Gasteiger partial charge < -0.3 is 9.73 Å². The summed E-state index contributed by atoms with van der Waals surface area (Å²) in [6.07, 6.45) is 0. The molecule has 0 radical (unpaired) electrons.